The Bertz CT molecular complexity index is 676. The minimum Gasteiger partial charge on any atom is -0.377 e. The summed E-state index contributed by atoms with van der Waals surface area (Å²) >= 11 is 0. The van der Waals surface area contributed by atoms with Crippen molar-refractivity contribution in [2.45, 2.75) is 25.9 Å². The molecule has 142 valence electrons. The molecule has 1 N–H and O–H groups in total. The van der Waals surface area contributed by atoms with Crippen molar-refractivity contribution in [1.82, 2.24) is 20.1 Å². The van der Waals surface area contributed by atoms with Gasteiger partial charge in [-0.3, -0.25) is 14.5 Å². The van der Waals surface area contributed by atoms with Gasteiger partial charge in [-0.05, 0) is 31.5 Å². The molecule has 0 atom stereocenters. The summed E-state index contributed by atoms with van der Waals surface area (Å²) in [7, 11) is 0.597. The van der Waals surface area contributed by atoms with Crippen LogP contribution in [0.25, 0.3) is 11.4 Å². The molecule has 2 rings (SSSR count). The molecule has 8 nitrogen and oxygen atoms in total. The van der Waals surface area contributed by atoms with Crippen LogP contribution in [-0.4, -0.2) is 56.8 Å². The van der Waals surface area contributed by atoms with E-state index in [1.165, 1.54) is 0 Å². The Balaban J connectivity index is 1.76. The highest BCUT2D eigenvalue weighted by molar-refractivity contribution is 6.60. The van der Waals surface area contributed by atoms with Crippen molar-refractivity contribution in [3.05, 3.63) is 36.7 Å². The lowest BCUT2D eigenvalue weighted by molar-refractivity contribution is -0.121. The number of carbonyl (C=O) groups excluding carboxylic acids is 1. The molecular formula is C17H26N4O4Si. The van der Waals surface area contributed by atoms with Crippen molar-refractivity contribution in [2.24, 2.45) is 0 Å². The summed E-state index contributed by atoms with van der Waals surface area (Å²) in [6.07, 6.45) is 4.21. The maximum absolute atomic E-state index is 12.1. The first-order chi connectivity index (χ1) is 12.6. The zero-order valence-electron chi connectivity index (χ0n) is 15.5. The van der Waals surface area contributed by atoms with Crippen molar-refractivity contribution in [2.75, 3.05) is 27.4 Å². The van der Waals surface area contributed by atoms with Gasteiger partial charge in [-0.25, -0.2) is 0 Å². The van der Waals surface area contributed by atoms with Crippen LogP contribution in [0.15, 0.2) is 36.7 Å². The third-order valence-corrected chi connectivity index (χ3v) is 6.78. The third kappa shape index (κ3) is 5.73. The molecule has 0 unspecified atom stereocenters. The largest absolute Gasteiger partial charge is 0.500 e. The van der Waals surface area contributed by atoms with Gasteiger partial charge in [0.1, 0.15) is 12.2 Å². The standard InChI is InChI=1S/C17H26N4O4Si/c1-4-25-26(23-2,24-3)13-7-11-19-17(22)14-21-12-9-16(20-21)15-8-5-6-10-18-15/h5-6,8-10,12H,4,7,11,13-14H2,1-3H3,(H,19,22). The van der Waals surface area contributed by atoms with Gasteiger partial charge in [0.05, 0.1) is 5.69 Å². The topological polar surface area (TPSA) is 87.5 Å². The summed E-state index contributed by atoms with van der Waals surface area (Å²) in [5.41, 5.74) is 1.52. The van der Waals surface area contributed by atoms with E-state index < -0.39 is 8.80 Å². The molecule has 26 heavy (non-hydrogen) atoms. The second-order valence-electron chi connectivity index (χ2n) is 5.59. The molecule has 1 amide bonds. The number of hydrogen-bond acceptors (Lipinski definition) is 6. The van der Waals surface area contributed by atoms with E-state index in [2.05, 4.69) is 15.4 Å². The Morgan fingerprint density at radius 3 is 2.69 bits per heavy atom. The van der Waals surface area contributed by atoms with Gasteiger partial charge in [0.15, 0.2) is 0 Å². The van der Waals surface area contributed by atoms with Gasteiger partial charge < -0.3 is 18.6 Å². The fourth-order valence-corrected chi connectivity index (χ4v) is 4.54. The third-order valence-electron chi connectivity index (χ3n) is 3.84. The fraction of sp³-hybridized carbons (Fsp3) is 0.471. The zero-order valence-corrected chi connectivity index (χ0v) is 16.5. The van der Waals surface area contributed by atoms with E-state index in [0.717, 1.165) is 17.8 Å². The summed E-state index contributed by atoms with van der Waals surface area (Å²) < 4.78 is 18.1. The normalized spacial score (nSPS) is 11.5. The highest BCUT2D eigenvalue weighted by Crippen LogP contribution is 2.15. The molecule has 0 spiro atoms. The maximum Gasteiger partial charge on any atom is 0.500 e. The lowest BCUT2D eigenvalue weighted by Crippen LogP contribution is -2.44. The number of amides is 1. The number of rotatable bonds is 11. The minimum absolute atomic E-state index is 0.0980. The first-order valence-corrected chi connectivity index (χ1v) is 10.5. The SMILES string of the molecule is CCO[Si](CCCNC(=O)Cn1ccc(-c2ccccn2)n1)(OC)OC. The number of pyridine rings is 1. The van der Waals surface area contributed by atoms with E-state index in [9.17, 15) is 4.79 Å². The summed E-state index contributed by atoms with van der Waals surface area (Å²) in [6.45, 7) is 3.14. The van der Waals surface area contributed by atoms with E-state index in [1.54, 1.807) is 31.3 Å². The van der Waals surface area contributed by atoms with Crippen LogP contribution in [0.3, 0.4) is 0 Å². The number of hydrogen-bond donors (Lipinski definition) is 1. The van der Waals surface area contributed by atoms with Crippen LogP contribution in [0.1, 0.15) is 13.3 Å². The second-order valence-corrected chi connectivity index (χ2v) is 8.56. The van der Waals surface area contributed by atoms with Crippen molar-refractivity contribution < 1.29 is 18.1 Å². The van der Waals surface area contributed by atoms with Crippen LogP contribution < -0.4 is 5.32 Å². The number of aromatic nitrogens is 3. The van der Waals surface area contributed by atoms with E-state index in [0.29, 0.717) is 19.2 Å². The van der Waals surface area contributed by atoms with Crippen LogP contribution in [0.2, 0.25) is 6.04 Å². The van der Waals surface area contributed by atoms with Gasteiger partial charge >= 0.3 is 8.80 Å². The Morgan fingerprint density at radius 2 is 2.04 bits per heavy atom. The summed E-state index contributed by atoms with van der Waals surface area (Å²) in [6, 6.07) is 8.13. The predicted molar refractivity (Wildman–Crippen MR) is 99.3 cm³/mol. The highest BCUT2D eigenvalue weighted by Gasteiger charge is 2.37. The molecule has 0 bridgehead atoms. The molecule has 0 aliphatic heterocycles. The molecule has 0 saturated carbocycles. The first-order valence-electron chi connectivity index (χ1n) is 8.58. The summed E-state index contributed by atoms with van der Waals surface area (Å²) in [4.78, 5) is 16.3. The van der Waals surface area contributed by atoms with E-state index in [-0.39, 0.29) is 12.5 Å². The molecule has 2 aromatic heterocycles. The van der Waals surface area contributed by atoms with Crippen LogP contribution >= 0.6 is 0 Å². The van der Waals surface area contributed by atoms with Crippen LogP contribution in [0.4, 0.5) is 0 Å². The average Bonchev–Trinajstić information content (AvgIpc) is 3.13. The Hall–Kier alpha value is -2.07. The quantitative estimate of drug-likeness (QED) is 0.473. The number of carbonyl (C=O) groups is 1. The molecule has 2 aromatic rings. The highest BCUT2D eigenvalue weighted by atomic mass is 28.4. The summed E-state index contributed by atoms with van der Waals surface area (Å²) in [5.74, 6) is -0.0980. The van der Waals surface area contributed by atoms with Gasteiger partial charge in [-0.1, -0.05) is 6.07 Å². The zero-order chi connectivity index (χ0) is 18.8. The first kappa shape index (κ1) is 20.2. The molecule has 9 heteroatoms. The maximum atomic E-state index is 12.1. The fourth-order valence-electron chi connectivity index (χ4n) is 2.53. The summed E-state index contributed by atoms with van der Waals surface area (Å²) in [5, 5.41) is 7.26. The molecule has 0 fully saturated rings. The molecular weight excluding hydrogens is 352 g/mol. The van der Waals surface area contributed by atoms with Gasteiger partial charge in [0.25, 0.3) is 0 Å². The van der Waals surface area contributed by atoms with Gasteiger partial charge in [-0.15, -0.1) is 0 Å². The van der Waals surface area contributed by atoms with Gasteiger partial charge in [0, 0.05) is 45.8 Å². The molecule has 0 saturated heterocycles. The second kappa shape index (κ2) is 10.2. The predicted octanol–water partition coefficient (Wildman–Crippen LogP) is 1.72. The van der Waals surface area contributed by atoms with Crippen LogP contribution in [0.5, 0.6) is 0 Å². The number of nitrogens with one attached hydrogen (secondary N) is 1. The smallest absolute Gasteiger partial charge is 0.377 e. The minimum atomic E-state index is -2.60. The van der Waals surface area contributed by atoms with Crippen LogP contribution in [0, 0.1) is 0 Å². The van der Waals surface area contributed by atoms with Crippen molar-refractivity contribution in [1.29, 1.82) is 0 Å². The van der Waals surface area contributed by atoms with Crippen molar-refractivity contribution >= 4 is 14.7 Å². The van der Waals surface area contributed by atoms with Crippen LogP contribution in [-0.2, 0) is 24.6 Å². The molecule has 0 radical (unpaired) electrons. The number of nitrogens with zero attached hydrogens (tertiary/aromatic N) is 3. The Kier molecular flexibility index (Phi) is 7.92. The molecule has 0 aliphatic carbocycles. The van der Waals surface area contributed by atoms with Gasteiger partial charge in [-0.2, -0.15) is 5.10 Å². The lowest BCUT2D eigenvalue weighted by Gasteiger charge is -2.25. The molecule has 0 aliphatic rings. The van der Waals surface area contributed by atoms with E-state index >= 15 is 0 Å². The van der Waals surface area contributed by atoms with E-state index in [4.69, 9.17) is 13.3 Å². The van der Waals surface area contributed by atoms with E-state index in [1.807, 2.05) is 31.2 Å². The van der Waals surface area contributed by atoms with Crippen molar-refractivity contribution in [3.8, 4) is 11.4 Å². The Morgan fingerprint density at radius 1 is 1.23 bits per heavy atom. The van der Waals surface area contributed by atoms with Crippen molar-refractivity contribution in [3.63, 3.8) is 0 Å². The molecule has 0 aromatic carbocycles. The average molecular weight is 379 g/mol. The Labute approximate surface area is 154 Å². The monoisotopic (exact) mass is 378 g/mol. The van der Waals surface area contributed by atoms with Gasteiger partial charge in [0.2, 0.25) is 5.91 Å². The lowest BCUT2D eigenvalue weighted by atomic mass is 10.3. The molecule has 2 heterocycles.